The van der Waals surface area contributed by atoms with E-state index in [2.05, 4.69) is 43.1 Å². The lowest BCUT2D eigenvalue weighted by Gasteiger charge is -2.12. The van der Waals surface area contributed by atoms with E-state index < -0.39 is 0 Å². The second-order valence-corrected chi connectivity index (χ2v) is 6.76. The number of halogens is 1. The van der Waals surface area contributed by atoms with Crippen molar-refractivity contribution >= 4 is 41.3 Å². The third-order valence-corrected chi connectivity index (χ3v) is 4.55. The summed E-state index contributed by atoms with van der Waals surface area (Å²) < 4.78 is 1.96. The number of aromatic nitrogens is 4. The van der Waals surface area contributed by atoms with Crippen molar-refractivity contribution in [2.75, 3.05) is 13.1 Å². The van der Waals surface area contributed by atoms with Crippen LogP contribution in [0.4, 0.5) is 0 Å². The zero-order valence-corrected chi connectivity index (χ0v) is 18.5. The van der Waals surface area contributed by atoms with Gasteiger partial charge in [0.05, 0.1) is 10.7 Å². The first-order valence-corrected chi connectivity index (χ1v) is 9.26. The van der Waals surface area contributed by atoms with Gasteiger partial charge in [-0.05, 0) is 20.3 Å². The van der Waals surface area contributed by atoms with E-state index >= 15 is 0 Å². The average Bonchev–Trinajstić information content (AvgIpc) is 3.12. The molecule has 2 N–H and O–H groups in total. The summed E-state index contributed by atoms with van der Waals surface area (Å²) in [7, 11) is 1.96. The molecule has 0 atom stereocenters. The predicted octanol–water partition coefficient (Wildman–Crippen LogP) is 2.58. The number of guanidine groups is 1. The van der Waals surface area contributed by atoms with Crippen LogP contribution in [0.15, 0.2) is 10.4 Å². The fraction of sp³-hybridized carbons (Fsp3) is 0.625. The lowest BCUT2D eigenvalue weighted by Crippen LogP contribution is -2.39. The number of hydrogen-bond acceptors (Lipinski definition) is 5. The number of aliphatic imine (C=N–C) groups is 1. The fourth-order valence-electron chi connectivity index (χ4n) is 2.13. The molecule has 0 saturated heterocycles. The quantitative estimate of drug-likeness (QED) is 0.265. The highest BCUT2D eigenvalue weighted by molar-refractivity contribution is 14.0. The SMILES string of the molecule is CCCCNC(=NCc1nnc(C)n1C)NCCc1csc(C)n1.I. The van der Waals surface area contributed by atoms with Gasteiger partial charge >= 0.3 is 0 Å². The van der Waals surface area contributed by atoms with Gasteiger partial charge in [-0.3, -0.25) is 0 Å². The molecule has 0 amide bonds. The molecule has 2 heterocycles. The monoisotopic (exact) mass is 477 g/mol. The number of rotatable bonds is 8. The van der Waals surface area contributed by atoms with Gasteiger partial charge in [0.15, 0.2) is 11.8 Å². The van der Waals surface area contributed by atoms with Gasteiger partial charge in [0, 0.05) is 31.9 Å². The summed E-state index contributed by atoms with van der Waals surface area (Å²) >= 11 is 1.69. The molecule has 0 fully saturated rings. The van der Waals surface area contributed by atoms with Crippen LogP contribution in [0.25, 0.3) is 0 Å². The molecule has 25 heavy (non-hydrogen) atoms. The summed E-state index contributed by atoms with van der Waals surface area (Å²) in [6.45, 7) is 8.38. The second kappa shape index (κ2) is 11.4. The van der Waals surface area contributed by atoms with Crippen molar-refractivity contribution < 1.29 is 0 Å². The summed E-state index contributed by atoms with van der Waals surface area (Å²) in [6, 6.07) is 0. The molecular weight excluding hydrogens is 449 g/mol. The molecular formula is C16H28IN7S. The van der Waals surface area contributed by atoms with Crippen molar-refractivity contribution in [2.45, 2.75) is 46.6 Å². The first kappa shape index (κ1) is 21.8. The smallest absolute Gasteiger partial charge is 0.191 e. The van der Waals surface area contributed by atoms with Gasteiger partial charge in [-0.1, -0.05) is 13.3 Å². The van der Waals surface area contributed by atoms with Crippen LogP contribution in [-0.2, 0) is 20.0 Å². The van der Waals surface area contributed by atoms with Crippen LogP contribution in [-0.4, -0.2) is 38.8 Å². The third-order valence-electron chi connectivity index (χ3n) is 3.72. The van der Waals surface area contributed by atoms with Crippen LogP contribution >= 0.6 is 35.3 Å². The molecule has 0 aromatic carbocycles. The van der Waals surface area contributed by atoms with Crippen molar-refractivity contribution in [2.24, 2.45) is 12.0 Å². The van der Waals surface area contributed by atoms with E-state index in [0.717, 1.165) is 60.7 Å². The molecule has 0 radical (unpaired) electrons. The zero-order chi connectivity index (χ0) is 17.4. The standard InChI is InChI=1S/C16H27N7S.HI/c1-5-6-8-17-16(18-9-7-14-11-24-13(3)20-14)19-10-15-22-21-12(2)23(15)4;/h11H,5-10H2,1-4H3,(H2,17,18,19);1H. The molecule has 140 valence electrons. The number of nitrogens with one attached hydrogen (secondary N) is 2. The topological polar surface area (TPSA) is 80.0 Å². The van der Waals surface area contributed by atoms with Crippen molar-refractivity contribution in [3.63, 3.8) is 0 Å². The molecule has 0 aliphatic carbocycles. The minimum atomic E-state index is 0. The normalized spacial score (nSPS) is 11.3. The van der Waals surface area contributed by atoms with E-state index in [0.29, 0.717) is 6.54 Å². The Bertz CT molecular complexity index is 665. The Balaban J connectivity index is 0.00000312. The number of nitrogens with zero attached hydrogens (tertiary/aromatic N) is 5. The number of hydrogen-bond donors (Lipinski definition) is 2. The van der Waals surface area contributed by atoms with E-state index in [1.165, 1.54) is 0 Å². The summed E-state index contributed by atoms with van der Waals surface area (Å²) in [5, 5.41) is 18.2. The van der Waals surface area contributed by atoms with E-state index in [1.807, 2.05) is 25.5 Å². The van der Waals surface area contributed by atoms with E-state index in [-0.39, 0.29) is 24.0 Å². The van der Waals surface area contributed by atoms with E-state index in [4.69, 9.17) is 0 Å². The molecule has 0 aliphatic rings. The van der Waals surface area contributed by atoms with Gasteiger partial charge in [0.2, 0.25) is 0 Å². The summed E-state index contributed by atoms with van der Waals surface area (Å²) in [6.07, 6.45) is 3.16. The molecule has 0 bridgehead atoms. The lowest BCUT2D eigenvalue weighted by molar-refractivity contribution is 0.712. The second-order valence-electron chi connectivity index (χ2n) is 5.70. The van der Waals surface area contributed by atoms with Crippen LogP contribution in [0.1, 0.15) is 42.1 Å². The molecule has 0 spiro atoms. The summed E-state index contributed by atoms with van der Waals surface area (Å²) in [4.78, 5) is 9.12. The predicted molar refractivity (Wildman–Crippen MR) is 114 cm³/mol. The van der Waals surface area contributed by atoms with Gasteiger partial charge in [0.1, 0.15) is 12.4 Å². The maximum absolute atomic E-state index is 4.63. The highest BCUT2D eigenvalue weighted by Gasteiger charge is 2.05. The first-order valence-electron chi connectivity index (χ1n) is 8.38. The van der Waals surface area contributed by atoms with Crippen molar-refractivity contribution in [1.82, 2.24) is 30.4 Å². The maximum Gasteiger partial charge on any atom is 0.191 e. The van der Waals surface area contributed by atoms with Crippen molar-refractivity contribution in [3.05, 3.63) is 27.7 Å². The van der Waals surface area contributed by atoms with Gasteiger partial charge < -0.3 is 15.2 Å². The Morgan fingerprint density at radius 1 is 1.24 bits per heavy atom. The molecule has 2 aromatic heterocycles. The van der Waals surface area contributed by atoms with Crippen LogP contribution in [0.5, 0.6) is 0 Å². The number of aryl methyl sites for hydroxylation is 2. The van der Waals surface area contributed by atoms with Crippen LogP contribution in [0.2, 0.25) is 0 Å². The Morgan fingerprint density at radius 2 is 2.00 bits per heavy atom. The minimum Gasteiger partial charge on any atom is -0.356 e. The van der Waals surface area contributed by atoms with Crippen molar-refractivity contribution in [3.8, 4) is 0 Å². The van der Waals surface area contributed by atoms with E-state index in [1.54, 1.807) is 11.3 Å². The third kappa shape index (κ3) is 7.27. The number of unbranched alkanes of at least 4 members (excludes halogenated alkanes) is 1. The van der Waals surface area contributed by atoms with Gasteiger partial charge in [0.25, 0.3) is 0 Å². The Hall–Kier alpha value is -1.23. The molecule has 7 nitrogen and oxygen atoms in total. The Kier molecular flexibility index (Phi) is 9.94. The first-order chi connectivity index (χ1) is 11.6. The summed E-state index contributed by atoms with van der Waals surface area (Å²) in [5.74, 6) is 2.57. The fourth-order valence-corrected chi connectivity index (χ4v) is 2.78. The van der Waals surface area contributed by atoms with Crippen LogP contribution in [0.3, 0.4) is 0 Å². The molecule has 2 rings (SSSR count). The van der Waals surface area contributed by atoms with E-state index in [9.17, 15) is 0 Å². The highest BCUT2D eigenvalue weighted by atomic mass is 127. The zero-order valence-electron chi connectivity index (χ0n) is 15.4. The molecule has 0 saturated carbocycles. The lowest BCUT2D eigenvalue weighted by atomic mass is 10.3. The molecule has 0 aliphatic heterocycles. The van der Waals surface area contributed by atoms with Gasteiger partial charge in [-0.25, -0.2) is 9.98 Å². The van der Waals surface area contributed by atoms with Crippen LogP contribution in [0, 0.1) is 13.8 Å². The largest absolute Gasteiger partial charge is 0.356 e. The molecule has 0 unspecified atom stereocenters. The number of thiazole rings is 1. The maximum atomic E-state index is 4.63. The van der Waals surface area contributed by atoms with Gasteiger partial charge in [-0.15, -0.1) is 45.5 Å². The minimum absolute atomic E-state index is 0. The van der Waals surface area contributed by atoms with Crippen LogP contribution < -0.4 is 10.6 Å². The Morgan fingerprint density at radius 3 is 2.60 bits per heavy atom. The molecule has 9 heteroatoms. The van der Waals surface area contributed by atoms with Crippen molar-refractivity contribution in [1.29, 1.82) is 0 Å². The Labute approximate surface area is 170 Å². The average molecular weight is 477 g/mol. The van der Waals surface area contributed by atoms with Gasteiger partial charge in [-0.2, -0.15) is 0 Å². The molecule has 2 aromatic rings. The highest BCUT2D eigenvalue weighted by Crippen LogP contribution is 2.07. The summed E-state index contributed by atoms with van der Waals surface area (Å²) in [5.41, 5.74) is 1.13.